The van der Waals surface area contributed by atoms with Gasteiger partial charge in [-0.05, 0) is 96.3 Å². The maximum absolute atomic E-state index is 13.2. The second kappa shape index (κ2) is 52.5. The van der Waals surface area contributed by atoms with Crippen molar-refractivity contribution in [3.63, 3.8) is 0 Å². The number of aliphatic hydroxyl groups excluding tert-OH is 2. The van der Waals surface area contributed by atoms with E-state index < -0.39 is 18.2 Å². The summed E-state index contributed by atoms with van der Waals surface area (Å²) >= 11 is 0. The highest BCUT2D eigenvalue weighted by Gasteiger charge is 2.24. The van der Waals surface area contributed by atoms with Crippen LogP contribution in [-0.2, 0) is 14.3 Å². The van der Waals surface area contributed by atoms with Crippen LogP contribution in [0.25, 0.3) is 0 Å². The highest BCUT2D eigenvalue weighted by molar-refractivity contribution is 5.77. The fourth-order valence-electron chi connectivity index (χ4n) is 8.29. The van der Waals surface area contributed by atoms with Gasteiger partial charge >= 0.3 is 5.97 Å². The molecule has 0 saturated carbocycles. The molecule has 1 amide bonds. The number of carbonyl (C=O) groups is 2. The fraction of sp³-hybridized carbons (Fsp3) is 0.797. The van der Waals surface area contributed by atoms with Gasteiger partial charge in [-0.1, -0.05) is 229 Å². The van der Waals surface area contributed by atoms with Crippen LogP contribution in [-0.4, -0.2) is 46.9 Å². The maximum Gasteiger partial charge on any atom is 0.306 e. The molecule has 3 atom stereocenters. The number of esters is 1. The van der Waals surface area contributed by atoms with E-state index in [2.05, 4.69) is 86.8 Å². The Morgan fingerprint density at radius 1 is 0.446 bits per heavy atom. The van der Waals surface area contributed by atoms with E-state index in [0.29, 0.717) is 19.3 Å². The van der Waals surface area contributed by atoms with Crippen LogP contribution >= 0.6 is 0 Å². The van der Waals surface area contributed by atoms with Crippen LogP contribution in [0.5, 0.6) is 0 Å². The minimum absolute atomic E-state index is 0.0537. The first-order valence-electron chi connectivity index (χ1n) is 28.0. The Morgan fingerprint density at radius 3 is 1.25 bits per heavy atom. The standard InChI is InChI=1S/C59H107NO5/c1-4-7-10-13-16-19-22-24-26-28-29-30-32-34-37-40-43-46-49-52-59(64)65-55(50-47-44-41-38-36-33-31-27-25-23-20-17-14-11-8-5-2)53-58(63)60-56(54-61)57(62)51-48-45-42-39-35-21-18-15-12-9-6-3/h16,19,24,26,29-30,33-34,36-37,55-57,61-62H,4-15,17-18,20-23,25,27-28,31-32,35,38-54H2,1-3H3,(H,60,63)/b19-16-,26-24-,30-29-,36-33+,37-34-. The van der Waals surface area contributed by atoms with Crippen molar-refractivity contribution in [2.24, 2.45) is 0 Å². The monoisotopic (exact) mass is 910 g/mol. The number of unbranched alkanes of at least 4 members (excludes halogenated alkanes) is 28. The van der Waals surface area contributed by atoms with Crippen molar-refractivity contribution >= 4 is 11.9 Å². The molecular weight excluding hydrogens is 803 g/mol. The zero-order valence-electron chi connectivity index (χ0n) is 43.1. The van der Waals surface area contributed by atoms with Crippen LogP contribution in [0.15, 0.2) is 60.8 Å². The van der Waals surface area contributed by atoms with E-state index in [1.807, 2.05) is 0 Å². The smallest absolute Gasteiger partial charge is 0.306 e. The average molecular weight is 911 g/mol. The molecule has 65 heavy (non-hydrogen) atoms. The summed E-state index contributed by atoms with van der Waals surface area (Å²) in [7, 11) is 0. The van der Waals surface area contributed by atoms with Crippen molar-refractivity contribution in [3.8, 4) is 0 Å². The summed E-state index contributed by atoms with van der Waals surface area (Å²) < 4.78 is 5.93. The fourth-order valence-corrected chi connectivity index (χ4v) is 8.29. The number of nitrogens with one attached hydrogen (secondary N) is 1. The number of hydrogen-bond acceptors (Lipinski definition) is 5. The topological polar surface area (TPSA) is 95.9 Å². The zero-order valence-corrected chi connectivity index (χ0v) is 43.1. The van der Waals surface area contributed by atoms with E-state index in [-0.39, 0.29) is 24.9 Å². The molecule has 0 aromatic carbocycles. The van der Waals surface area contributed by atoms with Crippen molar-refractivity contribution in [1.82, 2.24) is 5.32 Å². The van der Waals surface area contributed by atoms with Gasteiger partial charge in [-0.25, -0.2) is 0 Å². The van der Waals surface area contributed by atoms with E-state index in [1.54, 1.807) is 0 Å². The van der Waals surface area contributed by atoms with Crippen molar-refractivity contribution in [1.29, 1.82) is 0 Å². The third-order valence-corrected chi connectivity index (χ3v) is 12.6. The van der Waals surface area contributed by atoms with Crippen molar-refractivity contribution in [3.05, 3.63) is 60.8 Å². The van der Waals surface area contributed by atoms with Gasteiger partial charge in [0, 0.05) is 6.42 Å². The predicted molar refractivity (Wildman–Crippen MR) is 282 cm³/mol. The molecule has 6 nitrogen and oxygen atoms in total. The van der Waals surface area contributed by atoms with Crippen LogP contribution in [0.2, 0.25) is 0 Å². The lowest BCUT2D eigenvalue weighted by molar-refractivity contribution is -0.151. The Kier molecular flexibility index (Phi) is 50.6. The normalized spacial score (nSPS) is 13.6. The second-order valence-corrected chi connectivity index (χ2v) is 19.0. The Labute approximate surface area is 403 Å². The molecule has 0 aliphatic carbocycles. The van der Waals surface area contributed by atoms with Crippen molar-refractivity contribution < 1.29 is 24.5 Å². The molecule has 0 rings (SSSR count). The number of hydrogen-bond donors (Lipinski definition) is 3. The zero-order chi connectivity index (χ0) is 47.4. The molecule has 0 aromatic heterocycles. The first kappa shape index (κ1) is 62.6. The van der Waals surface area contributed by atoms with E-state index >= 15 is 0 Å². The van der Waals surface area contributed by atoms with Gasteiger partial charge in [-0.15, -0.1) is 0 Å². The van der Waals surface area contributed by atoms with E-state index in [1.165, 1.54) is 135 Å². The third kappa shape index (κ3) is 47.8. The number of aliphatic hydroxyl groups is 2. The number of ether oxygens (including phenoxy) is 1. The van der Waals surface area contributed by atoms with Gasteiger partial charge in [0.1, 0.15) is 6.10 Å². The number of carbonyl (C=O) groups excluding carboxylic acids is 2. The first-order chi connectivity index (χ1) is 32.0. The van der Waals surface area contributed by atoms with Crippen LogP contribution in [0, 0.1) is 0 Å². The SMILES string of the molecule is CCCCC/C=C\C/C=C\C/C=C\C/C=C\CCCCCC(=O)OC(CCCCC/C=C/CCCCCCCCCCC)CC(=O)NC(CO)C(O)CCCCCCCCCCCCC. The van der Waals surface area contributed by atoms with Crippen LogP contribution in [0.4, 0.5) is 0 Å². The first-order valence-corrected chi connectivity index (χ1v) is 28.0. The van der Waals surface area contributed by atoms with Crippen molar-refractivity contribution in [2.45, 2.75) is 296 Å². The van der Waals surface area contributed by atoms with Gasteiger partial charge in [0.25, 0.3) is 0 Å². The lowest BCUT2D eigenvalue weighted by Crippen LogP contribution is -2.46. The van der Waals surface area contributed by atoms with Gasteiger partial charge in [0.05, 0.1) is 25.2 Å². The molecule has 0 spiro atoms. The molecule has 3 N–H and O–H groups in total. The molecule has 0 aromatic rings. The molecule has 0 bridgehead atoms. The number of allylic oxidation sites excluding steroid dienone is 10. The van der Waals surface area contributed by atoms with Gasteiger partial charge < -0.3 is 20.3 Å². The maximum atomic E-state index is 13.2. The lowest BCUT2D eigenvalue weighted by Gasteiger charge is -2.24. The summed E-state index contributed by atoms with van der Waals surface area (Å²) in [4.78, 5) is 26.2. The van der Waals surface area contributed by atoms with E-state index in [9.17, 15) is 19.8 Å². The minimum atomic E-state index is -0.798. The summed E-state index contributed by atoms with van der Waals surface area (Å²) in [6.45, 7) is 6.45. The highest BCUT2D eigenvalue weighted by Crippen LogP contribution is 2.17. The van der Waals surface area contributed by atoms with Gasteiger partial charge in [-0.2, -0.15) is 0 Å². The number of rotatable bonds is 50. The molecule has 0 fully saturated rings. The van der Waals surface area contributed by atoms with Crippen LogP contribution < -0.4 is 5.32 Å². The third-order valence-electron chi connectivity index (χ3n) is 12.6. The Balaban J connectivity index is 4.65. The van der Waals surface area contributed by atoms with Gasteiger partial charge in [0.15, 0.2) is 0 Å². The molecule has 378 valence electrons. The Hall–Kier alpha value is -2.44. The Morgan fingerprint density at radius 2 is 0.785 bits per heavy atom. The quantitative estimate of drug-likeness (QED) is 0.0321. The van der Waals surface area contributed by atoms with Crippen LogP contribution in [0.1, 0.15) is 278 Å². The largest absolute Gasteiger partial charge is 0.462 e. The summed E-state index contributed by atoms with van der Waals surface area (Å²) in [6.07, 6.45) is 65.7. The molecule has 3 unspecified atom stereocenters. The van der Waals surface area contributed by atoms with E-state index in [0.717, 1.165) is 96.3 Å². The summed E-state index contributed by atoms with van der Waals surface area (Å²) in [5, 5.41) is 23.8. The van der Waals surface area contributed by atoms with Crippen LogP contribution in [0.3, 0.4) is 0 Å². The van der Waals surface area contributed by atoms with Gasteiger partial charge in [0.2, 0.25) is 5.91 Å². The molecule has 0 saturated heterocycles. The highest BCUT2D eigenvalue weighted by atomic mass is 16.5. The molecule has 0 heterocycles. The molecule has 0 aliphatic heterocycles. The summed E-state index contributed by atoms with van der Waals surface area (Å²) in [6, 6.07) is -0.714. The predicted octanol–water partition coefficient (Wildman–Crippen LogP) is 17.2. The number of amides is 1. The van der Waals surface area contributed by atoms with Crippen molar-refractivity contribution in [2.75, 3.05) is 6.61 Å². The molecule has 0 aliphatic rings. The summed E-state index contributed by atoms with van der Waals surface area (Å²) in [5.74, 6) is -0.520. The Bertz CT molecular complexity index is 1160. The molecule has 0 radical (unpaired) electrons. The molecular formula is C59H107NO5. The minimum Gasteiger partial charge on any atom is -0.462 e. The van der Waals surface area contributed by atoms with Gasteiger partial charge in [-0.3, -0.25) is 9.59 Å². The average Bonchev–Trinajstić information content (AvgIpc) is 3.30. The summed E-state index contributed by atoms with van der Waals surface area (Å²) in [5.41, 5.74) is 0. The van der Waals surface area contributed by atoms with E-state index in [4.69, 9.17) is 4.74 Å². The lowest BCUT2D eigenvalue weighted by atomic mass is 10.0. The second-order valence-electron chi connectivity index (χ2n) is 19.0. The molecule has 6 heteroatoms.